The van der Waals surface area contributed by atoms with Crippen LogP contribution in [-0.4, -0.2) is 17.9 Å². The molecule has 0 aromatic rings. The first-order valence-corrected chi connectivity index (χ1v) is 20.4. The van der Waals surface area contributed by atoms with Crippen LogP contribution in [0.25, 0.3) is 0 Å². The molecule has 0 heterocycles. The third-order valence-corrected chi connectivity index (χ3v) is 9.55. The van der Waals surface area contributed by atoms with E-state index in [2.05, 4.69) is 43.5 Å². The molecule has 2 atom stereocenters. The number of primary amides is 1. The maximum absolute atomic E-state index is 12.5. The van der Waals surface area contributed by atoms with Gasteiger partial charge in [0.15, 0.2) is 0 Å². The van der Waals surface area contributed by atoms with Gasteiger partial charge in [-0.2, -0.15) is 0 Å². The summed E-state index contributed by atoms with van der Waals surface area (Å²) < 4.78 is 0. The van der Waals surface area contributed by atoms with Crippen LogP contribution in [0.5, 0.6) is 0 Å². The lowest BCUT2D eigenvalue weighted by Crippen LogP contribution is -2.43. The highest BCUT2D eigenvalue weighted by atomic mass is 16.2. The van der Waals surface area contributed by atoms with Crippen LogP contribution in [0.3, 0.4) is 0 Å². The molecular formula is C42H80N2O2. The van der Waals surface area contributed by atoms with Crippen LogP contribution in [0.15, 0.2) is 24.3 Å². The van der Waals surface area contributed by atoms with Gasteiger partial charge in [0.1, 0.15) is 0 Å². The maximum Gasteiger partial charge on any atom is 0.222 e. The average molecular weight is 645 g/mol. The summed E-state index contributed by atoms with van der Waals surface area (Å²) in [5, 5.41) is 3.07. The van der Waals surface area contributed by atoms with E-state index in [1.165, 1.54) is 161 Å². The van der Waals surface area contributed by atoms with Crippen molar-refractivity contribution in [3.63, 3.8) is 0 Å². The lowest BCUT2D eigenvalue weighted by atomic mass is 9.93. The molecule has 0 fully saturated rings. The first-order chi connectivity index (χ1) is 22.5. The quantitative estimate of drug-likeness (QED) is 0.0526. The van der Waals surface area contributed by atoms with E-state index in [0.29, 0.717) is 6.42 Å². The van der Waals surface area contributed by atoms with Gasteiger partial charge in [0.05, 0.1) is 5.92 Å². The topological polar surface area (TPSA) is 72.2 Å². The molecule has 0 aliphatic rings. The third kappa shape index (κ3) is 32.4. The van der Waals surface area contributed by atoms with Gasteiger partial charge in [-0.1, -0.05) is 167 Å². The molecule has 46 heavy (non-hydrogen) atoms. The highest BCUT2D eigenvalue weighted by Gasteiger charge is 2.23. The zero-order chi connectivity index (χ0) is 33.8. The Morgan fingerprint density at radius 2 is 0.826 bits per heavy atom. The molecule has 0 aliphatic heterocycles. The van der Waals surface area contributed by atoms with Crippen molar-refractivity contribution in [1.29, 1.82) is 0 Å². The zero-order valence-corrected chi connectivity index (χ0v) is 31.3. The minimum atomic E-state index is -0.283. The molecule has 0 aromatic heterocycles. The molecule has 0 rings (SSSR count). The molecule has 270 valence electrons. The number of rotatable bonds is 36. The number of carbonyl (C=O) groups is 2. The van der Waals surface area contributed by atoms with E-state index in [1.807, 2.05) is 6.92 Å². The second-order valence-corrected chi connectivity index (χ2v) is 14.1. The van der Waals surface area contributed by atoms with Crippen molar-refractivity contribution in [2.45, 2.75) is 226 Å². The Hall–Kier alpha value is -1.58. The van der Waals surface area contributed by atoms with Gasteiger partial charge < -0.3 is 11.1 Å². The van der Waals surface area contributed by atoms with Gasteiger partial charge in [-0.25, -0.2) is 0 Å². The van der Waals surface area contributed by atoms with E-state index in [0.717, 1.165) is 32.1 Å². The third-order valence-electron chi connectivity index (χ3n) is 9.55. The number of nitrogens with one attached hydrogen (secondary N) is 1. The second-order valence-electron chi connectivity index (χ2n) is 14.1. The highest BCUT2D eigenvalue weighted by Crippen LogP contribution is 2.17. The predicted molar refractivity (Wildman–Crippen MR) is 203 cm³/mol. The van der Waals surface area contributed by atoms with Crippen LogP contribution in [0.2, 0.25) is 0 Å². The maximum atomic E-state index is 12.5. The Kier molecular flexibility index (Phi) is 35.0. The molecule has 0 spiro atoms. The van der Waals surface area contributed by atoms with Crippen molar-refractivity contribution in [3.05, 3.63) is 24.3 Å². The van der Waals surface area contributed by atoms with Crippen LogP contribution in [0, 0.1) is 5.92 Å². The SMILES string of the molecule is CCCCCCCCC=CCCCCCCCCCCC(C(N)=O)C(C)NC(=O)CCCCCCCC=CCCCCCCCC. The minimum absolute atomic E-state index is 0.0599. The Morgan fingerprint density at radius 1 is 0.500 bits per heavy atom. The Labute approximate surface area is 288 Å². The van der Waals surface area contributed by atoms with Crippen molar-refractivity contribution < 1.29 is 9.59 Å². The van der Waals surface area contributed by atoms with Crippen LogP contribution < -0.4 is 11.1 Å². The molecule has 4 nitrogen and oxygen atoms in total. The highest BCUT2D eigenvalue weighted by molar-refractivity contribution is 5.80. The fourth-order valence-electron chi connectivity index (χ4n) is 6.39. The van der Waals surface area contributed by atoms with Gasteiger partial charge in [-0.05, 0) is 71.1 Å². The van der Waals surface area contributed by atoms with E-state index in [1.54, 1.807) is 0 Å². The fraction of sp³-hybridized carbons (Fsp3) is 0.857. The summed E-state index contributed by atoms with van der Waals surface area (Å²) in [5.41, 5.74) is 5.73. The number of hydrogen-bond acceptors (Lipinski definition) is 2. The molecule has 2 unspecified atom stereocenters. The Balaban J connectivity index is 3.68. The predicted octanol–water partition coefficient (Wildman–Crippen LogP) is 12.8. The first kappa shape index (κ1) is 44.4. The van der Waals surface area contributed by atoms with E-state index in [-0.39, 0.29) is 23.8 Å². The summed E-state index contributed by atoms with van der Waals surface area (Å²) in [4.78, 5) is 24.6. The Morgan fingerprint density at radius 3 is 1.20 bits per heavy atom. The molecule has 0 bridgehead atoms. The minimum Gasteiger partial charge on any atom is -0.369 e. The van der Waals surface area contributed by atoms with Gasteiger partial charge in [0, 0.05) is 12.5 Å². The van der Waals surface area contributed by atoms with Gasteiger partial charge in [-0.3, -0.25) is 9.59 Å². The molecule has 0 aromatic carbocycles. The number of allylic oxidation sites excluding steroid dienone is 4. The lowest BCUT2D eigenvalue weighted by Gasteiger charge is -2.22. The molecule has 0 saturated heterocycles. The van der Waals surface area contributed by atoms with Crippen molar-refractivity contribution in [2.24, 2.45) is 11.7 Å². The van der Waals surface area contributed by atoms with E-state index in [9.17, 15) is 9.59 Å². The van der Waals surface area contributed by atoms with Gasteiger partial charge in [0.2, 0.25) is 11.8 Å². The molecule has 3 N–H and O–H groups in total. The van der Waals surface area contributed by atoms with Crippen LogP contribution in [-0.2, 0) is 9.59 Å². The largest absolute Gasteiger partial charge is 0.369 e. The van der Waals surface area contributed by atoms with Crippen LogP contribution in [0.4, 0.5) is 0 Å². The monoisotopic (exact) mass is 645 g/mol. The fourth-order valence-corrected chi connectivity index (χ4v) is 6.39. The lowest BCUT2D eigenvalue weighted by molar-refractivity contribution is -0.125. The molecule has 0 saturated carbocycles. The summed E-state index contributed by atoms with van der Waals surface area (Å²) in [5.74, 6) is -0.494. The first-order valence-electron chi connectivity index (χ1n) is 20.4. The second kappa shape index (κ2) is 36.3. The molecule has 0 radical (unpaired) electrons. The normalized spacial score (nSPS) is 13.1. The van der Waals surface area contributed by atoms with Crippen LogP contribution >= 0.6 is 0 Å². The van der Waals surface area contributed by atoms with Crippen molar-refractivity contribution in [3.8, 4) is 0 Å². The number of nitrogens with two attached hydrogens (primary N) is 1. The molecule has 2 amide bonds. The standard InChI is InChI=1S/C42H80N2O2/c1-4-6-8-10-12-14-16-18-20-21-22-24-25-27-29-31-33-35-37-40(42(43)46)39(3)44-41(45)38-36-34-32-30-28-26-23-19-17-15-13-11-9-7-5-2/h18-20,23,39-40H,4-17,21-22,24-38H2,1-3H3,(H2,43,46)(H,44,45). The number of unbranched alkanes of at least 4 members (excludes halogenated alkanes) is 25. The van der Waals surface area contributed by atoms with Gasteiger partial charge in [-0.15, -0.1) is 0 Å². The van der Waals surface area contributed by atoms with Gasteiger partial charge >= 0.3 is 0 Å². The number of carbonyl (C=O) groups excluding carboxylic acids is 2. The molecular weight excluding hydrogens is 564 g/mol. The van der Waals surface area contributed by atoms with Crippen molar-refractivity contribution in [2.75, 3.05) is 0 Å². The van der Waals surface area contributed by atoms with Crippen molar-refractivity contribution >= 4 is 11.8 Å². The molecule has 4 heteroatoms. The Bertz CT molecular complexity index is 716. The number of hydrogen-bond donors (Lipinski definition) is 2. The molecule has 0 aliphatic carbocycles. The van der Waals surface area contributed by atoms with Crippen molar-refractivity contribution in [1.82, 2.24) is 5.32 Å². The summed E-state index contributed by atoms with van der Waals surface area (Å²) in [6, 6.07) is -0.187. The smallest absolute Gasteiger partial charge is 0.222 e. The van der Waals surface area contributed by atoms with Crippen LogP contribution in [0.1, 0.15) is 220 Å². The summed E-state index contributed by atoms with van der Waals surface area (Å²) in [6.07, 6.45) is 47.8. The zero-order valence-electron chi connectivity index (χ0n) is 31.3. The summed E-state index contributed by atoms with van der Waals surface area (Å²) in [7, 11) is 0. The van der Waals surface area contributed by atoms with Gasteiger partial charge in [0.25, 0.3) is 0 Å². The summed E-state index contributed by atoms with van der Waals surface area (Å²) >= 11 is 0. The van der Waals surface area contributed by atoms with E-state index < -0.39 is 0 Å². The van der Waals surface area contributed by atoms with E-state index >= 15 is 0 Å². The number of amides is 2. The van der Waals surface area contributed by atoms with E-state index in [4.69, 9.17) is 5.73 Å². The average Bonchev–Trinajstić information content (AvgIpc) is 3.03. The summed E-state index contributed by atoms with van der Waals surface area (Å²) in [6.45, 7) is 6.49.